The molecule has 1 aliphatic heterocycles. The number of amides is 2. The van der Waals surface area contributed by atoms with Crippen molar-refractivity contribution in [2.45, 2.75) is 13.2 Å². The number of para-hydroxylation sites is 1. The molecule has 0 aromatic heterocycles. The third-order valence-corrected chi connectivity index (χ3v) is 6.03. The Balaban J connectivity index is 1.41. The zero-order valence-corrected chi connectivity index (χ0v) is 20.1. The van der Waals surface area contributed by atoms with Crippen LogP contribution in [0.25, 0.3) is 0 Å². The van der Waals surface area contributed by atoms with Crippen molar-refractivity contribution < 1.29 is 19.1 Å². The Morgan fingerprint density at radius 3 is 2.51 bits per heavy atom. The molecule has 2 amide bonds. The topological polar surface area (TPSA) is 85.1 Å². The summed E-state index contributed by atoms with van der Waals surface area (Å²) in [6.45, 7) is 2.38. The molecule has 8 heteroatoms. The Morgan fingerprint density at radius 2 is 1.74 bits per heavy atom. The van der Waals surface area contributed by atoms with Crippen molar-refractivity contribution in [1.29, 1.82) is 0 Å². The first-order valence-electron chi connectivity index (χ1n) is 11.5. The number of nitrogens with two attached hydrogens (primary N) is 1. The highest BCUT2D eigenvalue weighted by molar-refractivity contribution is 6.34. The van der Waals surface area contributed by atoms with E-state index in [0.717, 1.165) is 11.1 Å². The van der Waals surface area contributed by atoms with Gasteiger partial charge >= 0.3 is 0 Å². The number of ether oxygens (including phenoxy) is 2. The standard InChI is InChI=1S/C27H28ClN3O4/c28-24-16-22(35-15-14-34-19-20-6-2-1-3-7-20)10-11-23(24)27(33)31-18-26(32)30(13-12-29)17-21-8-4-5-9-25(21)31/h1-11,16H,12-15,17-19,29H2. The molecule has 0 bridgehead atoms. The fraction of sp³-hybridized carbons (Fsp3) is 0.259. The Labute approximate surface area is 210 Å². The van der Waals surface area contributed by atoms with Gasteiger partial charge in [0.05, 0.1) is 23.8 Å². The summed E-state index contributed by atoms with van der Waals surface area (Å²) in [6.07, 6.45) is 0. The lowest BCUT2D eigenvalue weighted by molar-refractivity contribution is -0.129. The van der Waals surface area contributed by atoms with Gasteiger partial charge in [0.1, 0.15) is 18.9 Å². The summed E-state index contributed by atoms with van der Waals surface area (Å²) in [5.41, 5.74) is 8.65. The third kappa shape index (κ3) is 6.19. The molecule has 7 nitrogen and oxygen atoms in total. The smallest absolute Gasteiger partial charge is 0.260 e. The number of anilines is 1. The minimum absolute atomic E-state index is 0.0802. The maximum absolute atomic E-state index is 13.5. The largest absolute Gasteiger partial charge is 0.491 e. The van der Waals surface area contributed by atoms with Gasteiger partial charge in [0.2, 0.25) is 5.91 Å². The molecule has 3 aromatic rings. The zero-order chi connectivity index (χ0) is 24.6. The van der Waals surface area contributed by atoms with Crippen molar-refractivity contribution in [1.82, 2.24) is 4.90 Å². The van der Waals surface area contributed by atoms with Crippen molar-refractivity contribution >= 4 is 29.1 Å². The van der Waals surface area contributed by atoms with Crippen molar-refractivity contribution in [2.75, 3.05) is 37.7 Å². The molecule has 2 N–H and O–H groups in total. The quantitative estimate of drug-likeness (QED) is 0.457. The maximum atomic E-state index is 13.5. The predicted molar refractivity (Wildman–Crippen MR) is 136 cm³/mol. The van der Waals surface area contributed by atoms with Crippen molar-refractivity contribution in [3.05, 3.63) is 94.5 Å². The van der Waals surface area contributed by atoms with Crippen LogP contribution in [0.2, 0.25) is 5.02 Å². The number of halogens is 1. The van der Waals surface area contributed by atoms with Gasteiger partial charge in [-0.05, 0) is 35.4 Å². The molecular formula is C27H28ClN3O4. The highest BCUT2D eigenvalue weighted by atomic mass is 35.5. The Hall–Kier alpha value is -3.39. The first-order valence-corrected chi connectivity index (χ1v) is 11.9. The van der Waals surface area contributed by atoms with E-state index in [2.05, 4.69) is 0 Å². The van der Waals surface area contributed by atoms with Gasteiger partial charge in [-0.25, -0.2) is 0 Å². The van der Waals surface area contributed by atoms with Gasteiger partial charge in [0, 0.05) is 25.3 Å². The highest BCUT2D eigenvalue weighted by Gasteiger charge is 2.30. The van der Waals surface area contributed by atoms with E-state index in [0.29, 0.717) is 56.5 Å². The molecule has 3 aromatic carbocycles. The van der Waals surface area contributed by atoms with E-state index in [1.165, 1.54) is 4.90 Å². The molecule has 0 atom stereocenters. The number of benzene rings is 3. The van der Waals surface area contributed by atoms with Gasteiger partial charge in [-0.1, -0.05) is 60.1 Å². The van der Waals surface area contributed by atoms with E-state index in [-0.39, 0.29) is 23.4 Å². The molecule has 1 heterocycles. The zero-order valence-electron chi connectivity index (χ0n) is 19.4. The molecule has 0 spiro atoms. The van der Waals surface area contributed by atoms with E-state index < -0.39 is 0 Å². The SMILES string of the molecule is NCCN1Cc2ccccc2N(C(=O)c2ccc(OCCOCc3ccccc3)cc2Cl)CC1=O. The van der Waals surface area contributed by atoms with Crippen LogP contribution in [0.5, 0.6) is 5.75 Å². The van der Waals surface area contributed by atoms with Crippen LogP contribution in [0.3, 0.4) is 0 Å². The van der Waals surface area contributed by atoms with E-state index >= 15 is 0 Å². The molecule has 4 rings (SSSR count). The van der Waals surface area contributed by atoms with Crippen LogP contribution in [0, 0.1) is 0 Å². The number of rotatable bonds is 9. The van der Waals surface area contributed by atoms with Crippen molar-refractivity contribution in [3.8, 4) is 5.75 Å². The summed E-state index contributed by atoms with van der Waals surface area (Å²) in [6, 6.07) is 22.3. The van der Waals surface area contributed by atoms with E-state index in [4.69, 9.17) is 26.8 Å². The number of hydrogen-bond donors (Lipinski definition) is 1. The van der Waals surface area contributed by atoms with Gasteiger partial charge in [0.25, 0.3) is 5.91 Å². The van der Waals surface area contributed by atoms with Crippen LogP contribution < -0.4 is 15.4 Å². The van der Waals surface area contributed by atoms with Crippen LogP contribution in [0.4, 0.5) is 5.69 Å². The summed E-state index contributed by atoms with van der Waals surface area (Å²) < 4.78 is 11.4. The first kappa shape index (κ1) is 24.7. The van der Waals surface area contributed by atoms with E-state index in [1.807, 2.05) is 54.6 Å². The molecular weight excluding hydrogens is 466 g/mol. The average Bonchev–Trinajstić information content (AvgIpc) is 3.01. The van der Waals surface area contributed by atoms with Crippen LogP contribution >= 0.6 is 11.6 Å². The predicted octanol–water partition coefficient (Wildman–Crippen LogP) is 3.88. The van der Waals surface area contributed by atoms with E-state index in [1.54, 1.807) is 23.1 Å². The molecule has 182 valence electrons. The first-order chi connectivity index (χ1) is 17.1. The second kappa shape index (κ2) is 11.8. The summed E-state index contributed by atoms with van der Waals surface area (Å²) in [7, 11) is 0. The lowest BCUT2D eigenvalue weighted by Gasteiger charge is -2.23. The van der Waals surface area contributed by atoms with Gasteiger partial charge in [-0.15, -0.1) is 0 Å². The average molecular weight is 494 g/mol. The lowest BCUT2D eigenvalue weighted by atomic mass is 10.1. The second-order valence-corrected chi connectivity index (χ2v) is 8.56. The summed E-state index contributed by atoms with van der Waals surface area (Å²) in [5.74, 6) is 0.0334. The normalized spacial score (nSPS) is 13.4. The van der Waals surface area contributed by atoms with Gasteiger partial charge in [-0.2, -0.15) is 0 Å². The van der Waals surface area contributed by atoms with Gasteiger partial charge in [-0.3, -0.25) is 14.5 Å². The van der Waals surface area contributed by atoms with Crippen LogP contribution in [0.15, 0.2) is 72.8 Å². The monoisotopic (exact) mass is 493 g/mol. The molecule has 0 aliphatic carbocycles. The number of nitrogens with zero attached hydrogens (tertiary/aromatic N) is 2. The molecule has 1 aliphatic rings. The Bertz CT molecular complexity index is 1170. The maximum Gasteiger partial charge on any atom is 0.260 e. The summed E-state index contributed by atoms with van der Waals surface area (Å²) in [5, 5.41) is 0.255. The fourth-order valence-corrected chi connectivity index (χ4v) is 4.20. The summed E-state index contributed by atoms with van der Waals surface area (Å²) >= 11 is 6.48. The number of carbonyl (C=O) groups is 2. The molecule has 0 radical (unpaired) electrons. The number of fused-ring (bicyclic) bond motifs is 1. The van der Waals surface area contributed by atoms with Gasteiger partial charge in [0.15, 0.2) is 0 Å². The number of hydrogen-bond acceptors (Lipinski definition) is 5. The van der Waals surface area contributed by atoms with Gasteiger partial charge < -0.3 is 20.1 Å². The van der Waals surface area contributed by atoms with E-state index in [9.17, 15) is 9.59 Å². The lowest BCUT2D eigenvalue weighted by Crippen LogP contribution is -2.41. The van der Waals surface area contributed by atoms with Crippen LogP contribution in [-0.4, -0.2) is 49.6 Å². The minimum Gasteiger partial charge on any atom is -0.491 e. The number of carbonyl (C=O) groups excluding carboxylic acids is 2. The third-order valence-electron chi connectivity index (χ3n) is 5.71. The second-order valence-electron chi connectivity index (χ2n) is 8.15. The van der Waals surface area contributed by atoms with Crippen molar-refractivity contribution in [2.24, 2.45) is 5.73 Å². The molecule has 0 saturated carbocycles. The summed E-state index contributed by atoms with van der Waals surface area (Å²) in [4.78, 5) is 29.5. The Kier molecular flexibility index (Phi) is 8.36. The minimum atomic E-state index is -0.344. The molecule has 0 saturated heterocycles. The van der Waals surface area contributed by atoms with Crippen LogP contribution in [0.1, 0.15) is 21.5 Å². The molecule has 0 fully saturated rings. The molecule has 0 unspecified atom stereocenters. The van der Waals surface area contributed by atoms with Crippen LogP contribution in [-0.2, 0) is 22.7 Å². The fourth-order valence-electron chi connectivity index (χ4n) is 3.95. The highest BCUT2D eigenvalue weighted by Crippen LogP contribution is 2.30. The Morgan fingerprint density at radius 1 is 0.971 bits per heavy atom. The molecule has 35 heavy (non-hydrogen) atoms. The van der Waals surface area contributed by atoms with Crippen molar-refractivity contribution in [3.63, 3.8) is 0 Å².